The zero-order chi connectivity index (χ0) is 20.1. The molecule has 2 N–H and O–H groups in total. The molecule has 1 aromatic heterocycles. The average molecular weight is 397 g/mol. The molecule has 3 rings (SSSR count). The smallest absolute Gasteiger partial charge is 0.258 e. The summed E-state index contributed by atoms with van der Waals surface area (Å²) >= 11 is 5.99. The van der Waals surface area contributed by atoms with E-state index in [1.165, 1.54) is 12.4 Å². The summed E-state index contributed by atoms with van der Waals surface area (Å²) in [5, 5.41) is 6.49. The molecular formula is C21H21ClN4O2. The summed E-state index contributed by atoms with van der Waals surface area (Å²) in [7, 11) is 0. The Labute approximate surface area is 168 Å². The molecule has 6 nitrogen and oxygen atoms in total. The number of amides is 1. The fourth-order valence-electron chi connectivity index (χ4n) is 2.48. The predicted molar refractivity (Wildman–Crippen MR) is 112 cm³/mol. The molecule has 144 valence electrons. The van der Waals surface area contributed by atoms with E-state index in [2.05, 4.69) is 20.6 Å². The molecule has 7 heteroatoms. The van der Waals surface area contributed by atoms with E-state index >= 15 is 0 Å². The van der Waals surface area contributed by atoms with Gasteiger partial charge in [-0.15, -0.1) is 0 Å². The second kappa shape index (κ2) is 8.71. The molecule has 0 aliphatic heterocycles. The number of aromatic nitrogens is 2. The van der Waals surface area contributed by atoms with Crippen LogP contribution in [0.25, 0.3) is 0 Å². The Hall–Kier alpha value is -3.12. The number of carbonyl (C=O) groups excluding carboxylic acids is 1. The van der Waals surface area contributed by atoms with Gasteiger partial charge in [-0.25, -0.2) is 9.97 Å². The van der Waals surface area contributed by atoms with Crippen LogP contribution in [0, 0.1) is 6.92 Å². The fourth-order valence-corrected chi connectivity index (χ4v) is 2.65. The summed E-state index contributed by atoms with van der Waals surface area (Å²) in [6, 6.07) is 12.9. The number of para-hydroxylation sites is 2. The number of halogens is 1. The monoisotopic (exact) mass is 396 g/mol. The van der Waals surface area contributed by atoms with Gasteiger partial charge in [0.2, 0.25) is 5.95 Å². The average Bonchev–Trinajstić information content (AvgIpc) is 2.66. The second-order valence-corrected chi connectivity index (χ2v) is 6.93. The number of anilines is 3. The van der Waals surface area contributed by atoms with E-state index in [1.807, 2.05) is 51.1 Å². The quantitative estimate of drug-likeness (QED) is 0.597. The molecular weight excluding hydrogens is 376 g/mol. The van der Waals surface area contributed by atoms with Crippen molar-refractivity contribution >= 4 is 34.8 Å². The van der Waals surface area contributed by atoms with Gasteiger partial charge in [-0.3, -0.25) is 4.79 Å². The maximum absolute atomic E-state index is 12.4. The molecule has 0 radical (unpaired) electrons. The van der Waals surface area contributed by atoms with Gasteiger partial charge < -0.3 is 15.4 Å². The number of carbonyl (C=O) groups is 1. The van der Waals surface area contributed by atoms with Crippen molar-refractivity contribution < 1.29 is 9.53 Å². The van der Waals surface area contributed by atoms with Crippen LogP contribution < -0.4 is 15.4 Å². The summed E-state index contributed by atoms with van der Waals surface area (Å²) in [5.41, 5.74) is 2.66. The van der Waals surface area contributed by atoms with E-state index in [-0.39, 0.29) is 12.0 Å². The minimum Gasteiger partial charge on any atom is -0.489 e. The Morgan fingerprint density at radius 1 is 1.07 bits per heavy atom. The molecule has 1 heterocycles. The van der Waals surface area contributed by atoms with E-state index in [0.29, 0.717) is 28.0 Å². The molecule has 0 fully saturated rings. The first kappa shape index (κ1) is 19.6. The molecule has 0 aliphatic carbocycles. The van der Waals surface area contributed by atoms with Gasteiger partial charge in [-0.2, -0.15) is 0 Å². The summed E-state index contributed by atoms with van der Waals surface area (Å²) in [5.74, 6) is 0.773. The SMILES string of the molecule is Cc1ccc(Cl)cc1NC(=O)c1cnc(Nc2ccccc2OC(C)C)nc1. The Morgan fingerprint density at radius 2 is 1.79 bits per heavy atom. The molecule has 0 bridgehead atoms. The second-order valence-electron chi connectivity index (χ2n) is 6.50. The molecule has 0 atom stereocenters. The van der Waals surface area contributed by atoms with Crippen LogP contribution >= 0.6 is 11.6 Å². The molecule has 28 heavy (non-hydrogen) atoms. The summed E-state index contributed by atoms with van der Waals surface area (Å²) in [4.78, 5) is 20.9. The lowest BCUT2D eigenvalue weighted by Crippen LogP contribution is -2.14. The molecule has 0 spiro atoms. The summed E-state index contributed by atoms with van der Waals surface area (Å²) < 4.78 is 5.77. The van der Waals surface area contributed by atoms with Crippen molar-refractivity contribution in [2.75, 3.05) is 10.6 Å². The minimum absolute atomic E-state index is 0.0462. The number of hydrogen-bond donors (Lipinski definition) is 2. The first-order valence-electron chi connectivity index (χ1n) is 8.84. The van der Waals surface area contributed by atoms with Gasteiger partial charge in [-0.05, 0) is 50.6 Å². The van der Waals surface area contributed by atoms with Crippen LogP contribution in [0.3, 0.4) is 0 Å². The Balaban J connectivity index is 1.72. The highest BCUT2D eigenvalue weighted by molar-refractivity contribution is 6.31. The number of hydrogen-bond acceptors (Lipinski definition) is 5. The molecule has 2 aromatic carbocycles. The van der Waals surface area contributed by atoms with E-state index < -0.39 is 0 Å². The Kier molecular flexibility index (Phi) is 6.11. The molecule has 3 aromatic rings. The number of nitrogens with zero attached hydrogens (tertiary/aromatic N) is 2. The number of ether oxygens (including phenoxy) is 1. The molecule has 0 unspecified atom stereocenters. The number of nitrogens with one attached hydrogen (secondary N) is 2. The first-order chi connectivity index (χ1) is 13.4. The summed E-state index contributed by atoms with van der Waals surface area (Å²) in [6.07, 6.45) is 2.98. The van der Waals surface area contributed by atoms with E-state index in [0.717, 1.165) is 11.3 Å². The number of benzene rings is 2. The van der Waals surface area contributed by atoms with Crippen molar-refractivity contribution in [1.29, 1.82) is 0 Å². The van der Waals surface area contributed by atoms with Gasteiger partial charge in [0.1, 0.15) is 5.75 Å². The van der Waals surface area contributed by atoms with Gasteiger partial charge in [0.05, 0.1) is 17.4 Å². The maximum Gasteiger partial charge on any atom is 0.258 e. The Bertz CT molecular complexity index is 974. The molecule has 1 amide bonds. The molecule has 0 aliphatic rings. The van der Waals surface area contributed by atoms with Crippen LogP contribution in [0.5, 0.6) is 5.75 Å². The van der Waals surface area contributed by atoms with Crippen LogP contribution in [0.1, 0.15) is 29.8 Å². The zero-order valence-corrected chi connectivity index (χ0v) is 16.6. The Morgan fingerprint density at radius 3 is 2.50 bits per heavy atom. The lowest BCUT2D eigenvalue weighted by atomic mass is 10.2. The van der Waals surface area contributed by atoms with Crippen molar-refractivity contribution in [2.24, 2.45) is 0 Å². The highest BCUT2D eigenvalue weighted by atomic mass is 35.5. The van der Waals surface area contributed by atoms with Crippen molar-refractivity contribution in [3.63, 3.8) is 0 Å². The van der Waals surface area contributed by atoms with Gasteiger partial charge in [0.15, 0.2) is 0 Å². The summed E-state index contributed by atoms with van der Waals surface area (Å²) in [6.45, 7) is 5.82. The third kappa shape index (κ3) is 4.98. The van der Waals surface area contributed by atoms with Crippen molar-refractivity contribution in [3.05, 3.63) is 71.0 Å². The van der Waals surface area contributed by atoms with Gasteiger partial charge in [0, 0.05) is 23.1 Å². The van der Waals surface area contributed by atoms with Crippen LogP contribution in [0.2, 0.25) is 5.02 Å². The van der Waals surface area contributed by atoms with E-state index in [1.54, 1.807) is 12.1 Å². The highest BCUT2D eigenvalue weighted by Crippen LogP contribution is 2.27. The first-order valence-corrected chi connectivity index (χ1v) is 9.22. The van der Waals surface area contributed by atoms with Crippen LogP contribution in [0.15, 0.2) is 54.9 Å². The van der Waals surface area contributed by atoms with Crippen LogP contribution in [-0.2, 0) is 0 Å². The van der Waals surface area contributed by atoms with Gasteiger partial charge in [-0.1, -0.05) is 29.8 Å². The van der Waals surface area contributed by atoms with Crippen molar-refractivity contribution in [2.45, 2.75) is 26.9 Å². The largest absolute Gasteiger partial charge is 0.489 e. The van der Waals surface area contributed by atoms with Crippen LogP contribution in [0.4, 0.5) is 17.3 Å². The van der Waals surface area contributed by atoms with Crippen LogP contribution in [-0.4, -0.2) is 22.0 Å². The van der Waals surface area contributed by atoms with Gasteiger partial charge in [0.25, 0.3) is 5.91 Å². The lowest BCUT2D eigenvalue weighted by molar-refractivity contribution is 0.102. The molecule has 0 saturated heterocycles. The molecule has 0 saturated carbocycles. The predicted octanol–water partition coefficient (Wildman–Crippen LogP) is 5.22. The minimum atomic E-state index is -0.305. The van der Waals surface area contributed by atoms with E-state index in [4.69, 9.17) is 16.3 Å². The normalized spacial score (nSPS) is 10.6. The number of rotatable bonds is 6. The topological polar surface area (TPSA) is 76.1 Å². The van der Waals surface area contributed by atoms with Crippen molar-refractivity contribution in [1.82, 2.24) is 9.97 Å². The number of aryl methyl sites for hydroxylation is 1. The fraction of sp³-hybridized carbons (Fsp3) is 0.190. The zero-order valence-electron chi connectivity index (χ0n) is 15.9. The van der Waals surface area contributed by atoms with Gasteiger partial charge >= 0.3 is 0 Å². The third-order valence-electron chi connectivity index (χ3n) is 3.86. The van der Waals surface area contributed by atoms with E-state index in [9.17, 15) is 4.79 Å². The maximum atomic E-state index is 12.4. The lowest BCUT2D eigenvalue weighted by Gasteiger charge is -2.14. The van der Waals surface area contributed by atoms with Crippen molar-refractivity contribution in [3.8, 4) is 5.75 Å². The third-order valence-corrected chi connectivity index (χ3v) is 4.09. The standard InChI is InChI=1S/C21H21ClN4O2/c1-13(2)28-19-7-5-4-6-17(19)26-21-23-11-15(12-24-21)20(27)25-18-10-16(22)9-8-14(18)3/h4-13H,1-3H3,(H,25,27)(H,23,24,26). The highest BCUT2D eigenvalue weighted by Gasteiger charge is 2.11.